The first-order valence-electron chi connectivity index (χ1n) is 8.74. The quantitative estimate of drug-likeness (QED) is 0.568. The van der Waals surface area contributed by atoms with E-state index in [-0.39, 0.29) is 17.7 Å². The number of anilines is 3. The molecule has 0 bridgehead atoms. The second-order valence-electron chi connectivity index (χ2n) is 6.28. The number of halogens is 1. The van der Waals surface area contributed by atoms with Crippen molar-refractivity contribution in [2.45, 2.75) is 19.8 Å². The fraction of sp³-hybridized carbons (Fsp3) is 0.211. The number of carbonyl (C=O) groups is 1. The number of hydrogen-bond acceptors (Lipinski definition) is 5. The highest BCUT2D eigenvalue weighted by Gasteiger charge is 2.28. The summed E-state index contributed by atoms with van der Waals surface area (Å²) >= 11 is 0. The lowest BCUT2D eigenvalue weighted by Gasteiger charge is -2.16. The molecule has 1 aliphatic rings. The summed E-state index contributed by atoms with van der Waals surface area (Å²) in [7, 11) is 0. The first kappa shape index (κ1) is 17.0. The number of hydrogen-bond donors (Lipinski definition) is 4. The molecule has 0 fully saturated rings. The summed E-state index contributed by atoms with van der Waals surface area (Å²) in [5.74, 6) is -0.336. The number of amides is 1. The van der Waals surface area contributed by atoms with E-state index in [9.17, 15) is 9.18 Å². The topological polar surface area (TPSA) is 109 Å². The largest absolute Gasteiger partial charge is 0.368 e. The first-order chi connectivity index (χ1) is 13.1. The molecule has 0 radical (unpaired) electrons. The summed E-state index contributed by atoms with van der Waals surface area (Å²) in [5.41, 5.74) is 9.95. The van der Waals surface area contributed by atoms with E-state index in [2.05, 4.69) is 25.6 Å². The van der Waals surface area contributed by atoms with E-state index in [1.54, 1.807) is 24.4 Å². The highest BCUT2D eigenvalue weighted by Crippen LogP contribution is 2.37. The standard InChI is InChI=1S/C19H19FN6O/c1-2-10-11(20)4-3-5-12(10)24-17-15-13(6-8-22-18(15)27)25-16(17)14-7-9-23-19(21)26-14/h3-5,7,9,24-25H,2,6,8H2,1H3,(H,22,27)(H2,21,23,26). The summed E-state index contributed by atoms with van der Waals surface area (Å²) in [6, 6.07) is 6.57. The number of H-pyrrole nitrogens is 1. The fourth-order valence-electron chi connectivity index (χ4n) is 3.38. The average molecular weight is 366 g/mol. The molecule has 1 aromatic carbocycles. The Morgan fingerprint density at radius 2 is 2.19 bits per heavy atom. The molecule has 3 heterocycles. The van der Waals surface area contributed by atoms with Crippen LogP contribution in [0.1, 0.15) is 28.5 Å². The lowest BCUT2D eigenvalue weighted by atomic mass is 10.0. The minimum Gasteiger partial charge on any atom is -0.368 e. The molecule has 1 amide bonds. The zero-order chi connectivity index (χ0) is 19.0. The van der Waals surface area contributed by atoms with Gasteiger partial charge in [-0.1, -0.05) is 13.0 Å². The van der Waals surface area contributed by atoms with Gasteiger partial charge in [0.1, 0.15) is 5.82 Å². The number of benzene rings is 1. The Bertz CT molecular complexity index is 1030. The van der Waals surface area contributed by atoms with E-state index >= 15 is 0 Å². The number of rotatable bonds is 4. The molecule has 0 atom stereocenters. The Kier molecular flexibility index (Phi) is 4.23. The Hall–Kier alpha value is -3.42. The van der Waals surface area contributed by atoms with Crippen LogP contribution >= 0.6 is 0 Å². The number of fused-ring (bicyclic) bond motifs is 1. The molecule has 138 valence electrons. The van der Waals surface area contributed by atoms with Crippen LogP contribution < -0.4 is 16.4 Å². The Morgan fingerprint density at radius 3 is 2.96 bits per heavy atom. The van der Waals surface area contributed by atoms with E-state index in [0.29, 0.717) is 53.3 Å². The fourth-order valence-corrected chi connectivity index (χ4v) is 3.38. The minimum atomic E-state index is -0.288. The van der Waals surface area contributed by atoms with Crippen molar-refractivity contribution in [3.8, 4) is 11.4 Å². The van der Waals surface area contributed by atoms with Gasteiger partial charge in [0, 0.05) is 36.1 Å². The van der Waals surface area contributed by atoms with Gasteiger partial charge < -0.3 is 21.4 Å². The van der Waals surface area contributed by atoms with Crippen molar-refractivity contribution in [1.29, 1.82) is 0 Å². The van der Waals surface area contributed by atoms with Gasteiger partial charge in [-0.3, -0.25) is 4.79 Å². The minimum absolute atomic E-state index is 0.135. The van der Waals surface area contributed by atoms with Crippen molar-refractivity contribution in [2.24, 2.45) is 0 Å². The van der Waals surface area contributed by atoms with Crippen LogP contribution in [0, 0.1) is 5.82 Å². The maximum absolute atomic E-state index is 14.2. The van der Waals surface area contributed by atoms with E-state index in [1.165, 1.54) is 6.07 Å². The Balaban J connectivity index is 1.90. The molecule has 4 rings (SSSR count). The van der Waals surface area contributed by atoms with Crippen molar-refractivity contribution < 1.29 is 9.18 Å². The molecule has 1 aliphatic heterocycles. The van der Waals surface area contributed by atoms with Gasteiger partial charge in [-0.15, -0.1) is 0 Å². The number of nitrogens with zero attached hydrogens (tertiary/aromatic N) is 2. The number of nitrogens with one attached hydrogen (secondary N) is 3. The zero-order valence-corrected chi connectivity index (χ0v) is 14.8. The van der Waals surface area contributed by atoms with Gasteiger partial charge in [0.25, 0.3) is 5.91 Å². The Morgan fingerprint density at radius 1 is 1.33 bits per heavy atom. The molecule has 2 aromatic heterocycles. The predicted molar refractivity (Wildman–Crippen MR) is 101 cm³/mol. The molecule has 7 nitrogen and oxygen atoms in total. The van der Waals surface area contributed by atoms with Gasteiger partial charge in [-0.2, -0.15) is 0 Å². The van der Waals surface area contributed by atoms with Gasteiger partial charge in [0.05, 0.1) is 22.6 Å². The molecular formula is C19H19FN6O. The third-order valence-electron chi connectivity index (χ3n) is 4.63. The number of carbonyl (C=O) groups excluding carboxylic acids is 1. The molecule has 0 spiro atoms. The highest BCUT2D eigenvalue weighted by atomic mass is 19.1. The third-order valence-corrected chi connectivity index (χ3v) is 4.63. The normalized spacial score (nSPS) is 13.2. The van der Waals surface area contributed by atoms with Crippen LogP contribution in [-0.4, -0.2) is 27.4 Å². The molecule has 3 aromatic rings. The molecule has 0 saturated carbocycles. The van der Waals surface area contributed by atoms with E-state index in [0.717, 1.165) is 5.69 Å². The maximum Gasteiger partial charge on any atom is 0.255 e. The van der Waals surface area contributed by atoms with E-state index < -0.39 is 0 Å². The lowest BCUT2D eigenvalue weighted by Crippen LogP contribution is -2.31. The number of nitrogens with two attached hydrogens (primary N) is 1. The molecule has 27 heavy (non-hydrogen) atoms. The van der Waals surface area contributed by atoms with Crippen LogP contribution in [0.2, 0.25) is 0 Å². The van der Waals surface area contributed by atoms with Crippen molar-refractivity contribution in [3.63, 3.8) is 0 Å². The van der Waals surface area contributed by atoms with Crippen LogP contribution in [0.15, 0.2) is 30.5 Å². The summed E-state index contributed by atoms with van der Waals surface area (Å²) in [6.45, 7) is 2.44. The number of nitrogen functional groups attached to an aromatic ring is 1. The summed E-state index contributed by atoms with van der Waals surface area (Å²) in [5, 5.41) is 6.11. The van der Waals surface area contributed by atoms with Crippen molar-refractivity contribution in [3.05, 3.63) is 53.1 Å². The van der Waals surface area contributed by atoms with Crippen LogP contribution in [0.3, 0.4) is 0 Å². The Labute approximate surface area is 155 Å². The SMILES string of the molecule is CCc1c(F)cccc1Nc1c(-c2ccnc(N)n2)[nH]c2c1C(=O)NCC2. The summed E-state index contributed by atoms with van der Waals surface area (Å²) in [6.07, 6.45) is 2.74. The van der Waals surface area contributed by atoms with Crippen LogP contribution in [0.25, 0.3) is 11.4 Å². The first-order valence-corrected chi connectivity index (χ1v) is 8.74. The van der Waals surface area contributed by atoms with Gasteiger partial charge in [0.2, 0.25) is 5.95 Å². The van der Waals surface area contributed by atoms with Crippen LogP contribution in [0.4, 0.5) is 21.7 Å². The zero-order valence-electron chi connectivity index (χ0n) is 14.8. The van der Waals surface area contributed by atoms with Gasteiger partial charge >= 0.3 is 0 Å². The third kappa shape index (κ3) is 2.99. The van der Waals surface area contributed by atoms with Crippen molar-refractivity contribution in [1.82, 2.24) is 20.3 Å². The smallest absolute Gasteiger partial charge is 0.255 e. The molecule has 0 unspecified atom stereocenters. The molecule has 0 aliphatic carbocycles. The maximum atomic E-state index is 14.2. The second-order valence-corrected chi connectivity index (χ2v) is 6.28. The highest BCUT2D eigenvalue weighted by molar-refractivity contribution is 6.06. The lowest BCUT2D eigenvalue weighted by molar-refractivity contribution is 0.0947. The number of aromatic amines is 1. The summed E-state index contributed by atoms with van der Waals surface area (Å²) in [4.78, 5) is 24.0. The van der Waals surface area contributed by atoms with Gasteiger partial charge in [-0.25, -0.2) is 14.4 Å². The molecule has 8 heteroatoms. The monoisotopic (exact) mass is 366 g/mol. The predicted octanol–water partition coefficient (Wildman–Crippen LogP) is 2.78. The summed E-state index contributed by atoms with van der Waals surface area (Å²) < 4.78 is 14.2. The molecular weight excluding hydrogens is 347 g/mol. The second kappa shape index (κ2) is 6.71. The average Bonchev–Trinajstić information content (AvgIpc) is 3.02. The number of aromatic nitrogens is 3. The molecule has 0 saturated heterocycles. The van der Waals surface area contributed by atoms with E-state index in [1.807, 2.05) is 6.92 Å². The van der Waals surface area contributed by atoms with Gasteiger partial charge in [-0.05, 0) is 24.6 Å². The van der Waals surface area contributed by atoms with Crippen molar-refractivity contribution in [2.75, 3.05) is 17.6 Å². The van der Waals surface area contributed by atoms with Crippen LogP contribution in [-0.2, 0) is 12.8 Å². The molecule has 5 N–H and O–H groups in total. The van der Waals surface area contributed by atoms with Crippen LogP contribution in [0.5, 0.6) is 0 Å². The van der Waals surface area contributed by atoms with Crippen molar-refractivity contribution >= 4 is 23.2 Å². The van der Waals surface area contributed by atoms with E-state index in [4.69, 9.17) is 5.73 Å². The van der Waals surface area contributed by atoms with Gasteiger partial charge in [0.15, 0.2) is 0 Å².